The van der Waals surface area contributed by atoms with Crippen molar-refractivity contribution in [2.45, 2.75) is 25.0 Å². The second kappa shape index (κ2) is 5.87. The third-order valence-corrected chi connectivity index (χ3v) is 5.77. The molecule has 0 aliphatic rings. The number of aromatic nitrogens is 1. The van der Waals surface area contributed by atoms with E-state index in [1.165, 1.54) is 24.7 Å². The van der Waals surface area contributed by atoms with E-state index >= 15 is 0 Å². The summed E-state index contributed by atoms with van der Waals surface area (Å²) in [7, 11) is -1.83. The summed E-state index contributed by atoms with van der Waals surface area (Å²) in [5.74, 6) is -0.353. The largest absolute Gasteiger partial charge is 0.469 e. The van der Waals surface area contributed by atoms with Crippen LogP contribution in [0.15, 0.2) is 5.38 Å². The lowest BCUT2D eigenvalue weighted by atomic mass is 10.2. The average Bonchev–Trinajstić information content (AvgIpc) is 2.72. The molecule has 0 atom stereocenters. The lowest BCUT2D eigenvalue weighted by Gasteiger charge is -2.22. The number of methoxy groups -OCH3 is 1. The minimum Gasteiger partial charge on any atom is -0.469 e. The van der Waals surface area contributed by atoms with Crippen LogP contribution >= 0.6 is 11.3 Å². The maximum Gasteiger partial charge on any atom is 0.311 e. The lowest BCUT2D eigenvalue weighted by molar-refractivity contribution is -0.139. The quantitative estimate of drug-likeness (QED) is 0.792. The van der Waals surface area contributed by atoms with Crippen LogP contribution in [0.1, 0.15) is 19.5 Å². The van der Waals surface area contributed by atoms with E-state index in [9.17, 15) is 13.2 Å². The lowest BCUT2D eigenvalue weighted by Crippen LogP contribution is -2.38. The summed E-state index contributed by atoms with van der Waals surface area (Å²) < 4.78 is 26.8. The molecule has 0 amide bonds. The van der Waals surface area contributed by atoms with Crippen molar-refractivity contribution < 1.29 is 17.9 Å². The molecular formula is C11H18N2O4S2. The first-order valence-electron chi connectivity index (χ1n) is 5.60. The van der Waals surface area contributed by atoms with E-state index < -0.39 is 14.6 Å². The zero-order chi connectivity index (χ0) is 14.7. The molecule has 0 aliphatic carbocycles. The van der Waals surface area contributed by atoms with Gasteiger partial charge < -0.3 is 10.1 Å². The van der Waals surface area contributed by atoms with E-state index in [4.69, 9.17) is 0 Å². The molecule has 1 N–H and O–H groups in total. The fourth-order valence-corrected chi connectivity index (χ4v) is 2.15. The van der Waals surface area contributed by atoms with E-state index in [0.717, 1.165) is 0 Å². The molecule has 0 aliphatic heterocycles. The van der Waals surface area contributed by atoms with Gasteiger partial charge in [-0.3, -0.25) is 4.79 Å². The summed E-state index contributed by atoms with van der Waals surface area (Å²) in [5, 5.41) is 5.32. The van der Waals surface area contributed by atoms with Gasteiger partial charge in [-0.1, -0.05) is 0 Å². The molecule has 0 radical (unpaired) electrons. The van der Waals surface area contributed by atoms with Crippen molar-refractivity contribution in [3.8, 4) is 0 Å². The summed E-state index contributed by atoms with van der Waals surface area (Å²) in [6.45, 7) is 3.56. The van der Waals surface area contributed by atoms with Gasteiger partial charge in [0.25, 0.3) is 0 Å². The first-order chi connectivity index (χ1) is 8.65. The van der Waals surface area contributed by atoms with Gasteiger partial charge in [0, 0.05) is 18.2 Å². The normalized spacial score (nSPS) is 12.2. The highest BCUT2D eigenvalue weighted by Gasteiger charge is 2.30. The highest BCUT2D eigenvalue weighted by Crippen LogP contribution is 2.20. The molecule has 19 heavy (non-hydrogen) atoms. The van der Waals surface area contributed by atoms with Crippen molar-refractivity contribution in [1.82, 2.24) is 4.98 Å². The summed E-state index contributed by atoms with van der Waals surface area (Å²) in [6.07, 6.45) is 1.32. The van der Waals surface area contributed by atoms with Gasteiger partial charge in [0.2, 0.25) is 0 Å². The van der Waals surface area contributed by atoms with Crippen LogP contribution in [0.3, 0.4) is 0 Å². The van der Waals surface area contributed by atoms with Gasteiger partial charge in [-0.15, -0.1) is 11.3 Å². The Bertz CT molecular complexity index is 549. The van der Waals surface area contributed by atoms with Crippen LogP contribution in [0.4, 0.5) is 5.13 Å². The Kier molecular flexibility index (Phi) is 4.92. The molecule has 0 unspecified atom stereocenters. The highest BCUT2D eigenvalue weighted by molar-refractivity contribution is 7.92. The van der Waals surface area contributed by atoms with E-state index in [2.05, 4.69) is 15.0 Å². The predicted molar refractivity (Wildman–Crippen MR) is 75.2 cm³/mol. The Labute approximate surface area is 117 Å². The number of rotatable bonds is 6. The Balaban J connectivity index is 2.63. The summed E-state index contributed by atoms with van der Waals surface area (Å²) in [4.78, 5) is 15.3. The monoisotopic (exact) mass is 306 g/mol. The summed E-state index contributed by atoms with van der Waals surface area (Å²) in [5.41, 5.74) is 0.608. The third-order valence-electron chi connectivity index (χ3n) is 2.77. The van der Waals surface area contributed by atoms with Crippen molar-refractivity contribution >= 4 is 32.3 Å². The fraction of sp³-hybridized carbons (Fsp3) is 0.636. The first-order valence-corrected chi connectivity index (χ1v) is 8.37. The zero-order valence-corrected chi connectivity index (χ0v) is 13.0. The molecule has 0 saturated carbocycles. The van der Waals surface area contributed by atoms with Gasteiger partial charge in [-0.25, -0.2) is 13.4 Å². The van der Waals surface area contributed by atoms with Crippen LogP contribution in [0.2, 0.25) is 0 Å². The van der Waals surface area contributed by atoms with E-state index in [1.807, 2.05) is 0 Å². The van der Waals surface area contributed by atoms with Crippen LogP contribution in [0.25, 0.3) is 0 Å². The smallest absolute Gasteiger partial charge is 0.311 e. The zero-order valence-electron chi connectivity index (χ0n) is 11.4. The number of nitrogens with zero attached hydrogens (tertiary/aromatic N) is 1. The van der Waals surface area contributed by atoms with Crippen LogP contribution in [-0.4, -0.2) is 44.0 Å². The van der Waals surface area contributed by atoms with E-state index in [0.29, 0.717) is 10.8 Å². The first kappa shape index (κ1) is 15.9. The number of nitrogens with one attached hydrogen (secondary N) is 1. The molecule has 1 aromatic rings. The van der Waals surface area contributed by atoms with Gasteiger partial charge >= 0.3 is 5.97 Å². The van der Waals surface area contributed by atoms with Crippen molar-refractivity contribution in [3.05, 3.63) is 11.1 Å². The minimum absolute atomic E-state index is 0.115. The van der Waals surface area contributed by atoms with Gasteiger partial charge in [-0.05, 0) is 13.8 Å². The molecule has 1 aromatic heterocycles. The van der Waals surface area contributed by atoms with Gasteiger partial charge in [0.05, 0.1) is 24.0 Å². The van der Waals surface area contributed by atoms with Crippen LogP contribution in [-0.2, 0) is 25.8 Å². The minimum atomic E-state index is -3.15. The molecule has 108 valence electrons. The summed E-state index contributed by atoms with van der Waals surface area (Å²) >= 11 is 1.33. The number of carbonyl (C=O) groups is 1. The molecule has 0 bridgehead atoms. The second-order valence-electron chi connectivity index (χ2n) is 4.78. The molecule has 1 rings (SSSR count). The average molecular weight is 306 g/mol. The van der Waals surface area contributed by atoms with Crippen molar-refractivity contribution in [1.29, 1.82) is 0 Å². The van der Waals surface area contributed by atoms with Gasteiger partial charge in [0.1, 0.15) is 0 Å². The van der Waals surface area contributed by atoms with Gasteiger partial charge in [0.15, 0.2) is 15.0 Å². The van der Waals surface area contributed by atoms with Crippen LogP contribution < -0.4 is 5.32 Å². The second-order valence-corrected chi connectivity index (χ2v) is 8.29. The van der Waals surface area contributed by atoms with Crippen molar-refractivity contribution in [2.75, 3.05) is 25.2 Å². The molecule has 0 aromatic carbocycles. The molecule has 0 spiro atoms. The number of esters is 1. The number of hydrogen-bond donors (Lipinski definition) is 1. The van der Waals surface area contributed by atoms with Crippen LogP contribution in [0, 0.1) is 0 Å². The Morgan fingerprint density at radius 1 is 1.53 bits per heavy atom. The van der Waals surface area contributed by atoms with E-state index in [-0.39, 0.29) is 18.9 Å². The summed E-state index contributed by atoms with van der Waals surface area (Å²) in [6, 6.07) is 0. The molecular weight excluding hydrogens is 288 g/mol. The highest BCUT2D eigenvalue weighted by atomic mass is 32.2. The third kappa shape index (κ3) is 4.46. The maximum absolute atomic E-state index is 11.5. The Morgan fingerprint density at radius 2 is 2.16 bits per heavy atom. The van der Waals surface area contributed by atoms with Crippen LogP contribution in [0.5, 0.6) is 0 Å². The Hall–Kier alpha value is -1.15. The SMILES string of the molecule is COC(=O)Cc1csc(NCC(C)(C)S(C)(=O)=O)n1. The molecule has 1 heterocycles. The molecule has 8 heteroatoms. The number of anilines is 1. The predicted octanol–water partition coefficient (Wildman–Crippen LogP) is 1.09. The van der Waals surface area contributed by atoms with Crippen molar-refractivity contribution in [2.24, 2.45) is 0 Å². The molecule has 0 fully saturated rings. The fourth-order valence-electron chi connectivity index (χ4n) is 1.11. The number of hydrogen-bond acceptors (Lipinski definition) is 7. The standard InChI is InChI=1S/C11H18N2O4S2/c1-11(2,19(4,15)16)7-12-10-13-8(6-18-10)5-9(14)17-3/h6H,5,7H2,1-4H3,(H,12,13). The maximum atomic E-state index is 11.5. The van der Waals surface area contributed by atoms with E-state index in [1.54, 1.807) is 19.2 Å². The number of sulfone groups is 1. The number of carbonyl (C=O) groups excluding carboxylic acids is 1. The topological polar surface area (TPSA) is 85.4 Å². The molecule has 6 nitrogen and oxygen atoms in total. The Morgan fingerprint density at radius 3 is 2.68 bits per heavy atom. The van der Waals surface area contributed by atoms with Gasteiger partial charge in [-0.2, -0.15) is 0 Å². The van der Waals surface area contributed by atoms with Crippen molar-refractivity contribution in [3.63, 3.8) is 0 Å². The number of ether oxygens (including phenoxy) is 1. The molecule has 0 saturated heterocycles. The number of thiazole rings is 1.